The molecule has 0 saturated heterocycles. The van der Waals surface area contributed by atoms with Gasteiger partial charge in [0.2, 0.25) is 0 Å². The molecule has 2 rings (SSSR count). The molecule has 0 radical (unpaired) electrons. The highest BCUT2D eigenvalue weighted by Crippen LogP contribution is 2.28. The van der Waals surface area contributed by atoms with E-state index in [4.69, 9.17) is 17.3 Å². The molecule has 0 unspecified atom stereocenters. The molecule has 2 aromatic rings. The van der Waals surface area contributed by atoms with E-state index in [0.29, 0.717) is 16.5 Å². The van der Waals surface area contributed by atoms with Crippen molar-refractivity contribution in [2.24, 2.45) is 0 Å². The number of benzene rings is 1. The third-order valence-corrected chi connectivity index (χ3v) is 2.96. The Hall–Kier alpha value is -1.61. The first-order valence-corrected chi connectivity index (χ1v) is 5.95. The molecule has 2 N–H and O–H groups in total. The van der Waals surface area contributed by atoms with Gasteiger partial charge in [0, 0.05) is 5.56 Å². The average molecular weight is 248 g/mol. The maximum absolute atomic E-state index is 6.08. The van der Waals surface area contributed by atoms with Gasteiger partial charge in [-0.2, -0.15) is 0 Å². The normalized spacial score (nSPS) is 10.5. The van der Waals surface area contributed by atoms with Crippen molar-refractivity contribution in [3.63, 3.8) is 0 Å². The molecule has 1 aromatic heterocycles. The van der Waals surface area contributed by atoms with E-state index in [1.54, 1.807) is 0 Å². The summed E-state index contributed by atoms with van der Waals surface area (Å²) in [5.41, 5.74) is 8.61. The summed E-state index contributed by atoms with van der Waals surface area (Å²) in [5.74, 6) is 0.314. The van der Waals surface area contributed by atoms with Crippen LogP contribution in [0.5, 0.6) is 0 Å². The van der Waals surface area contributed by atoms with Crippen molar-refractivity contribution < 1.29 is 0 Å². The first-order chi connectivity index (χ1) is 8.22. The number of rotatable bonds is 3. The number of nitrogens with zero attached hydrogens (tertiary/aromatic N) is 2. The molecule has 4 heteroatoms. The number of anilines is 1. The van der Waals surface area contributed by atoms with Gasteiger partial charge >= 0.3 is 0 Å². The van der Waals surface area contributed by atoms with Crippen molar-refractivity contribution in [2.45, 2.75) is 19.8 Å². The van der Waals surface area contributed by atoms with Crippen LogP contribution >= 0.6 is 11.6 Å². The third-order valence-electron chi connectivity index (χ3n) is 2.58. The molecule has 0 bridgehead atoms. The fourth-order valence-corrected chi connectivity index (χ4v) is 1.91. The molecule has 17 heavy (non-hydrogen) atoms. The molecule has 1 aromatic carbocycles. The molecular formula is C13H14ClN3. The van der Waals surface area contributed by atoms with Gasteiger partial charge in [0.1, 0.15) is 17.2 Å². The first-order valence-electron chi connectivity index (χ1n) is 5.57. The van der Waals surface area contributed by atoms with E-state index in [-0.39, 0.29) is 0 Å². The maximum atomic E-state index is 6.08. The number of hydrogen-bond donors (Lipinski definition) is 1. The molecule has 0 fully saturated rings. The number of halogens is 1. The molecular weight excluding hydrogens is 234 g/mol. The lowest BCUT2D eigenvalue weighted by atomic mass is 10.1. The predicted molar refractivity (Wildman–Crippen MR) is 70.9 cm³/mol. The molecule has 3 nitrogen and oxygen atoms in total. The molecule has 0 spiro atoms. The van der Waals surface area contributed by atoms with Crippen molar-refractivity contribution in [3.05, 3.63) is 41.2 Å². The van der Waals surface area contributed by atoms with Gasteiger partial charge in [-0.3, -0.25) is 0 Å². The van der Waals surface area contributed by atoms with Crippen molar-refractivity contribution in [2.75, 3.05) is 5.73 Å². The van der Waals surface area contributed by atoms with Gasteiger partial charge in [-0.25, -0.2) is 9.97 Å². The summed E-state index contributed by atoms with van der Waals surface area (Å²) in [5, 5.41) is 0.413. The van der Waals surface area contributed by atoms with Crippen LogP contribution in [0.25, 0.3) is 11.3 Å². The second kappa shape index (κ2) is 5.15. The van der Waals surface area contributed by atoms with Crippen LogP contribution in [0.2, 0.25) is 5.02 Å². The zero-order valence-electron chi connectivity index (χ0n) is 9.65. The Kier molecular flexibility index (Phi) is 3.59. The van der Waals surface area contributed by atoms with Gasteiger partial charge < -0.3 is 5.73 Å². The van der Waals surface area contributed by atoms with Crippen LogP contribution in [-0.4, -0.2) is 9.97 Å². The van der Waals surface area contributed by atoms with E-state index in [1.165, 1.54) is 11.9 Å². The lowest BCUT2D eigenvalue weighted by Gasteiger charge is -2.06. The summed E-state index contributed by atoms with van der Waals surface area (Å²) < 4.78 is 0. The highest BCUT2D eigenvalue weighted by atomic mass is 35.5. The maximum Gasteiger partial charge on any atom is 0.146 e. The van der Waals surface area contributed by atoms with Gasteiger partial charge in [-0.15, -0.1) is 0 Å². The van der Waals surface area contributed by atoms with Gasteiger partial charge in [0.15, 0.2) is 0 Å². The molecule has 0 aliphatic rings. The first kappa shape index (κ1) is 11.9. The monoisotopic (exact) mass is 247 g/mol. The van der Waals surface area contributed by atoms with Crippen LogP contribution in [0.4, 0.5) is 5.82 Å². The quantitative estimate of drug-likeness (QED) is 0.905. The number of aromatic nitrogens is 2. The summed E-state index contributed by atoms with van der Waals surface area (Å²) in [6.45, 7) is 2.16. The van der Waals surface area contributed by atoms with Crippen molar-refractivity contribution in [3.8, 4) is 11.3 Å². The topological polar surface area (TPSA) is 51.8 Å². The molecule has 0 amide bonds. The van der Waals surface area contributed by atoms with Crippen LogP contribution in [0.1, 0.15) is 18.9 Å². The summed E-state index contributed by atoms with van der Waals surface area (Å²) in [4.78, 5) is 8.01. The Morgan fingerprint density at radius 2 is 1.88 bits per heavy atom. The standard InChI is InChI=1S/C13H14ClN3/c1-2-3-9-4-6-10(7-5-9)12-11(14)13(15)17-8-16-12/h4-8H,2-3H2,1H3,(H2,15,16,17). The van der Waals surface area contributed by atoms with Crippen LogP contribution in [-0.2, 0) is 6.42 Å². The molecule has 1 heterocycles. The number of hydrogen-bond acceptors (Lipinski definition) is 3. The van der Waals surface area contributed by atoms with Crippen LogP contribution < -0.4 is 5.73 Å². The van der Waals surface area contributed by atoms with Gasteiger partial charge in [0.25, 0.3) is 0 Å². The third kappa shape index (κ3) is 2.56. The Labute approximate surface area is 106 Å². The summed E-state index contributed by atoms with van der Waals surface area (Å²) in [7, 11) is 0. The van der Waals surface area contributed by atoms with E-state index in [1.807, 2.05) is 12.1 Å². The molecule has 0 atom stereocenters. The van der Waals surface area contributed by atoms with Gasteiger partial charge in [0.05, 0.1) is 5.69 Å². The van der Waals surface area contributed by atoms with Crippen LogP contribution in [0, 0.1) is 0 Å². The molecule has 0 aliphatic heterocycles. The van der Waals surface area contributed by atoms with E-state index < -0.39 is 0 Å². The van der Waals surface area contributed by atoms with E-state index in [0.717, 1.165) is 18.4 Å². The number of nitrogen functional groups attached to an aromatic ring is 1. The average Bonchev–Trinajstić information content (AvgIpc) is 2.34. The van der Waals surface area contributed by atoms with Gasteiger partial charge in [-0.1, -0.05) is 49.2 Å². The lowest BCUT2D eigenvalue weighted by Crippen LogP contribution is -1.95. The zero-order chi connectivity index (χ0) is 12.3. The second-order valence-electron chi connectivity index (χ2n) is 3.87. The van der Waals surface area contributed by atoms with E-state index in [2.05, 4.69) is 29.0 Å². The number of nitrogens with two attached hydrogens (primary N) is 1. The highest BCUT2D eigenvalue weighted by molar-refractivity contribution is 6.35. The fraction of sp³-hybridized carbons (Fsp3) is 0.231. The van der Waals surface area contributed by atoms with E-state index >= 15 is 0 Å². The Morgan fingerprint density at radius 1 is 1.18 bits per heavy atom. The minimum absolute atomic E-state index is 0.314. The summed E-state index contributed by atoms with van der Waals surface area (Å²) >= 11 is 6.08. The van der Waals surface area contributed by atoms with Crippen molar-refractivity contribution in [1.29, 1.82) is 0 Å². The smallest absolute Gasteiger partial charge is 0.146 e. The largest absolute Gasteiger partial charge is 0.382 e. The van der Waals surface area contributed by atoms with Crippen LogP contribution in [0.15, 0.2) is 30.6 Å². The molecule has 0 saturated carbocycles. The fourth-order valence-electron chi connectivity index (χ4n) is 1.70. The summed E-state index contributed by atoms with van der Waals surface area (Å²) in [6.07, 6.45) is 3.65. The summed E-state index contributed by atoms with van der Waals surface area (Å²) in [6, 6.07) is 8.21. The minimum atomic E-state index is 0.314. The zero-order valence-corrected chi connectivity index (χ0v) is 10.4. The Bertz CT molecular complexity index is 509. The van der Waals surface area contributed by atoms with Crippen molar-refractivity contribution >= 4 is 17.4 Å². The second-order valence-corrected chi connectivity index (χ2v) is 4.25. The predicted octanol–water partition coefficient (Wildman–Crippen LogP) is 3.33. The molecule has 0 aliphatic carbocycles. The number of aryl methyl sites for hydroxylation is 1. The van der Waals surface area contributed by atoms with Crippen LogP contribution in [0.3, 0.4) is 0 Å². The Balaban J connectivity index is 2.36. The SMILES string of the molecule is CCCc1ccc(-c2ncnc(N)c2Cl)cc1. The van der Waals surface area contributed by atoms with Crippen molar-refractivity contribution in [1.82, 2.24) is 9.97 Å². The van der Waals surface area contributed by atoms with Gasteiger partial charge in [-0.05, 0) is 12.0 Å². The highest BCUT2D eigenvalue weighted by Gasteiger charge is 2.08. The minimum Gasteiger partial charge on any atom is -0.382 e. The molecule has 88 valence electrons. The Morgan fingerprint density at radius 3 is 2.53 bits per heavy atom. The van der Waals surface area contributed by atoms with E-state index in [9.17, 15) is 0 Å². The lowest BCUT2D eigenvalue weighted by molar-refractivity contribution is 0.922.